The summed E-state index contributed by atoms with van der Waals surface area (Å²) in [4.78, 5) is 38.1. The van der Waals surface area contributed by atoms with Gasteiger partial charge in [0.1, 0.15) is 0 Å². The number of aliphatic carboxylic acids is 2. The normalized spacial score (nSPS) is 12.2. The molecule has 0 saturated heterocycles. The van der Waals surface area contributed by atoms with Crippen molar-refractivity contribution >= 4 is 81.7 Å². The van der Waals surface area contributed by atoms with E-state index in [-0.39, 0.29) is 49.6 Å². The fourth-order valence-electron chi connectivity index (χ4n) is 4.09. The molecule has 2 aliphatic heterocycles. The second kappa shape index (κ2) is 10.3. The number of aromatic nitrogens is 4. The minimum atomic E-state index is -1.13. The summed E-state index contributed by atoms with van der Waals surface area (Å²) in [5.74, 6) is -2.26. The molecule has 0 aliphatic carbocycles. The van der Waals surface area contributed by atoms with Gasteiger partial charge in [-0.2, -0.15) is 0 Å². The first-order valence-electron chi connectivity index (χ1n) is 10.9. The van der Waals surface area contributed by atoms with Gasteiger partial charge in [0.25, 0.3) is 0 Å². The van der Waals surface area contributed by atoms with Crippen molar-refractivity contribution in [3.63, 3.8) is 0 Å². The van der Waals surface area contributed by atoms with Crippen molar-refractivity contribution in [1.29, 1.82) is 0 Å². The van der Waals surface area contributed by atoms with E-state index in [1.54, 1.807) is 0 Å². The Kier molecular flexibility index (Phi) is 7.20. The summed E-state index contributed by atoms with van der Waals surface area (Å²) in [6.07, 6.45) is 6.00. The number of rotatable bonds is 6. The predicted octanol–water partition coefficient (Wildman–Crippen LogP) is 1.86. The maximum Gasteiger partial charge on any atom is 2.00 e. The molecule has 35 heavy (non-hydrogen) atoms. The van der Waals surface area contributed by atoms with Crippen molar-refractivity contribution in [2.24, 2.45) is 0 Å². The van der Waals surface area contributed by atoms with Gasteiger partial charge < -0.3 is 29.8 Å². The number of nitrogens with one attached hydrogen (secondary N) is 2. The summed E-state index contributed by atoms with van der Waals surface area (Å²) in [5.41, 5.74) is 7.66. The van der Waals surface area contributed by atoms with E-state index in [4.69, 9.17) is 4.98 Å². The standard InChI is InChI=1S/C26H22N4O4.Sn/c31-25(32)7-1-15-9-21-12-19-5-3-17(27-19)11-18-4-6-20(28-18)13-22-10-16(2-8-26(33)34)24(30-22)14-23(15)29-21;/h3-6,9-14,27,30H,1-2,7-8H2,(H,31,32)(H,33,34);/q;+2/p-2. The van der Waals surface area contributed by atoms with Gasteiger partial charge in [-0.15, -0.1) is 0 Å². The molecule has 2 aliphatic rings. The molecule has 0 fully saturated rings. The van der Waals surface area contributed by atoms with E-state index in [1.807, 2.05) is 60.7 Å². The summed E-state index contributed by atoms with van der Waals surface area (Å²) in [6, 6.07) is 13.3. The Morgan fingerprint density at radius 1 is 0.743 bits per heavy atom. The largest absolute Gasteiger partial charge is 2.00 e. The van der Waals surface area contributed by atoms with Crippen molar-refractivity contribution in [2.45, 2.75) is 25.7 Å². The van der Waals surface area contributed by atoms with Gasteiger partial charge in [-0.3, -0.25) is 0 Å². The number of aryl methyl sites for hydroxylation is 1. The van der Waals surface area contributed by atoms with Crippen molar-refractivity contribution in [2.75, 3.05) is 0 Å². The van der Waals surface area contributed by atoms with Crippen molar-refractivity contribution in [1.82, 2.24) is 19.9 Å². The fourth-order valence-corrected chi connectivity index (χ4v) is 4.09. The Balaban J connectivity index is 0.00000289. The number of nitrogens with zero attached hydrogens (tertiary/aromatic N) is 2. The van der Waals surface area contributed by atoms with Crippen LogP contribution in [0.1, 0.15) is 47.6 Å². The molecular weight excluding hydrogens is 551 g/mol. The Bertz CT molecular complexity index is 1530. The molecule has 5 heterocycles. The third kappa shape index (κ3) is 5.89. The number of allylic oxidation sites excluding steroid dienone is 1. The average Bonchev–Trinajstić information content (AvgIpc) is 3.55. The van der Waals surface area contributed by atoms with Crippen molar-refractivity contribution in [3.8, 4) is 0 Å². The predicted molar refractivity (Wildman–Crippen MR) is 131 cm³/mol. The van der Waals surface area contributed by atoms with Crippen LogP contribution in [0, 0.1) is 0 Å². The fraction of sp³-hybridized carbons (Fsp3) is 0.154. The monoisotopic (exact) mass is 572 g/mol. The third-order valence-corrected chi connectivity index (χ3v) is 5.66. The van der Waals surface area contributed by atoms with Gasteiger partial charge in [-0.05, 0) is 97.5 Å². The van der Waals surface area contributed by atoms with E-state index in [0.29, 0.717) is 16.9 Å². The number of H-pyrrole nitrogens is 2. The average molecular weight is 571 g/mol. The molecule has 0 aromatic carbocycles. The SMILES string of the molecule is O=C([O-])CCC1=Cc2cc3ccc(cc4nc(cc5cc(CCC(=O)[O-])c(cc1n2)[nH]5)C=C4)[nH]3.[Sn+2]. The minimum absolute atomic E-state index is 0. The number of carbonyl (C=O) groups excluding carboxylic acids is 2. The van der Waals surface area contributed by atoms with Gasteiger partial charge in [-0.1, -0.05) is 0 Å². The van der Waals surface area contributed by atoms with Crippen molar-refractivity contribution in [3.05, 3.63) is 70.8 Å². The van der Waals surface area contributed by atoms with E-state index in [1.165, 1.54) is 0 Å². The van der Waals surface area contributed by atoms with E-state index in [2.05, 4.69) is 15.0 Å². The van der Waals surface area contributed by atoms with E-state index in [9.17, 15) is 19.8 Å². The molecular formula is C26H20N4O4Sn. The molecule has 2 radical (unpaired) electrons. The zero-order chi connectivity index (χ0) is 23.7. The van der Waals surface area contributed by atoms with Crippen LogP contribution in [0.3, 0.4) is 0 Å². The topological polar surface area (TPSA) is 138 Å². The first-order valence-corrected chi connectivity index (χ1v) is 10.9. The molecule has 0 saturated carbocycles. The summed E-state index contributed by atoms with van der Waals surface area (Å²) < 4.78 is 0. The number of carbonyl (C=O) groups is 2. The molecule has 0 spiro atoms. The van der Waals surface area contributed by atoms with Gasteiger partial charge in [-0.25, -0.2) is 9.97 Å². The number of carboxylic acids is 2. The van der Waals surface area contributed by atoms with E-state index < -0.39 is 11.9 Å². The zero-order valence-electron chi connectivity index (χ0n) is 18.6. The number of fused-ring (bicyclic) bond motifs is 8. The molecule has 5 rings (SSSR count). The van der Waals surface area contributed by atoms with Gasteiger partial charge >= 0.3 is 23.9 Å². The van der Waals surface area contributed by atoms with Crippen LogP contribution in [-0.2, 0) is 16.0 Å². The van der Waals surface area contributed by atoms with Crippen LogP contribution >= 0.6 is 0 Å². The molecule has 3 aromatic heterocycles. The van der Waals surface area contributed by atoms with Crippen LogP contribution in [0.4, 0.5) is 0 Å². The summed E-state index contributed by atoms with van der Waals surface area (Å²) in [7, 11) is 0. The van der Waals surface area contributed by atoms with Crippen LogP contribution in [0.2, 0.25) is 0 Å². The molecule has 3 aromatic rings. The second-order valence-corrected chi connectivity index (χ2v) is 8.24. The molecule has 0 atom stereocenters. The van der Waals surface area contributed by atoms with Crippen LogP contribution in [0.25, 0.3) is 45.9 Å². The van der Waals surface area contributed by atoms with Crippen molar-refractivity contribution < 1.29 is 19.8 Å². The molecule has 0 unspecified atom stereocenters. The first kappa shape index (κ1) is 24.5. The molecule has 8 bridgehead atoms. The Hall–Kier alpha value is -3.66. The Morgan fingerprint density at radius 3 is 2.06 bits per heavy atom. The summed E-state index contributed by atoms with van der Waals surface area (Å²) in [5, 5.41) is 22.2. The van der Waals surface area contributed by atoms with E-state index in [0.717, 1.165) is 39.1 Å². The maximum atomic E-state index is 11.1. The second-order valence-electron chi connectivity index (χ2n) is 8.24. The van der Waals surface area contributed by atoms with Gasteiger partial charge in [0.15, 0.2) is 0 Å². The molecule has 9 heteroatoms. The molecule has 172 valence electrons. The van der Waals surface area contributed by atoms with Crippen LogP contribution in [0.15, 0.2) is 42.5 Å². The summed E-state index contributed by atoms with van der Waals surface area (Å²) in [6.45, 7) is 0. The van der Waals surface area contributed by atoms with Crippen LogP contribution in [0.5, 0.6) is 0 Å². The number of hydrogen-bond acceptors (Lipinski definition) is 6. The molecule has 8 nitrogen and oxygen atoms in total. The first-order chi connectivity index (χ1) is 16.4. The van der Waals surface area contributed by atoms with Gasteiger partial charge in [0.2, 0.25) is 0 Å². The number of aromatic amines is 2. The molecule has 0 amide bonds. The number of hydrogen-bond donors (Lipinski definition) is 2. The zero-order valence-corrected chi connectivity index (χ0v) is 21.5. The van der Waals surface area contributed by atoms with Crippen LogP contribution < -0.4 is 10.2 Å². The Labute approximate surface area is 217 Å². The van der Waals surface area contributed by atoms with Gasteiger partial charge in [0, 0.05) is 34.0 Å². The number of carboxylic acid groups (broad SMARTS) is 2. The smallest absolute Gasteiger partial charge is 0.550 e. The molecule has 2 N–H and O–H groups in total. The Morgan fingerprint density at radius 2 is 1.37 bits per heavy atom. The minimum Gasteiger partial charge on any atom is -0.550 e. The van der Waals surface area contributed by atoms with Crippen LogP contribution in [-0.4, -0.2) is 55.8 Å². The maximum absolute atomic E-state index is 11.1. The summed E-state index contributed by atoms with van der Waals surface area (Å²) >= 11 is 0. The quantitative estimate of drug-likeness (QED) is 0.339. The van der Waals surface area contributed by atoms with Gasteiger partial charge in [0.05, 0.1) is 22.8 Å². The van der Waals surface area contributed by atoms with E-state index >= 15 is 0 Å². The third-order valence-electron chi connectivity index (χ3n) is 5.66.